The first-order chi connectivity index (χ1) is 18.0. The fraction of sp³-hybridized carbons (Fsp3) is 0.179. The number of carbonyl (C=O) groups is 1. The molecule has 2 heterocycles. The van der Waals surface area contributed by atoms with Crippen LogP contribution in [0.15, 0.2) is 85.6 Å². The van der Waals surface area contributed by atoms with Crippen molar-refractivity contribution in [3.63, 3.8) is 0 Å². The van der Waals surface area contributed by atoms with Gasteiger partial charge in [0.15, 0.2) is 5.82 Å². The molecule has 190 valence electrons. The van der Waals surface area contributed by atoms with Crippen molar-refractivity contribution in [3.05, 3.63) is 96.2 Å². The van der Waals surface area contributed by atoms with Gasteiger partial charge >= 0.3 is 0 Å². The van der Waals surface area contributed by atoms with Crippen molar-refractivity contribution < 1.29 is 9.53 Å². The molecule has 1 aromatic heterocycles. The Morgan fingerprint density at radius 2 is 1.95 bits per heavy atom. The van der Waals surface area contributed by atoms with Crippen LogP contribution in [-0.2, 0) is 9.53 Å². The molecule has 37 heavy (non-hydrogen) atoms. The van der Waals surface area contributed by atoms with E-state index in [2.05, 4.69) is 62.1 Å². The lowest BCUT2D eigenvalue weighted by atomic mass is 10.1. The highest BCUT2D eigenvalue weighted by Crippen LogP contribution is 2.26. The Balaban J connectivity index is 0.000000225. The number of benzene rings is 3. The largest absolute Gasteiger partial charge is 0.356 e. The normalized spacial score (nSPS) is 14.7. The molecule has 1 saturated heterocycles. The van der Waals surface area contributed by atoms with E-state index in [1.54, 1.807) is 6.20 Å². The van der Waals surface area contributed by atoms with Gasteiger partial charge in [0.1, 0.15) is 11.3 Å². The molecule has 1 aliphatic heterocycles. The smallest absolute Gasteiger partial charge is 0.247 e. The van der Waals surface area contributed by atoms with Crippen LogP contribution in [-0.4, -0.2) is 41.8 Å². The molecule has 4 N–H and O–H groups in total. The molecule has 1 fully saturated rings. The summed E-state index contributed by atoms with van der Waals surface area (Å²) in [6.45, 7) is 7.57. The van der Waals surface area contributed by atoms with Gasteiger partial charge in [-0.3, -0.25) is 4.79 Å². The molecule has 1 unspecified atom stereocenters. The van der Waals surface area contributed by atoms with Crippen LogP contribution in [0.5, 0.6) is 0 Å². The molecule has 8 nitrogen and oxygen atoms in total. The second kappa shape index (κ2) is 12.8. The number of anilines is 4. The quantitative estimate of drug-likeness (QED) is 0.251. The van der Waals surface area contributed by atoms with E-state index in [-0.39, 0.29) is 12.1 Å². The number of ether oxygens (including phenoxy) is 1. The molecule has 3 aromatic carbocycles. The third kappa shape index (κ3) is 7.75. The van der Waals surface area contributed by atoms with Gasteiger partial charge in [0, 0.05) is 24.5 Å². The van der Waals surface area contributed by atoms with E-state index >= 15 is 0 Å². The summed E-state index contributed by atoms with van der Waals surface area (Å²) in [6, 6.07) is 21.9. The lowest BCUT2D eigenvalue weighted by molar-refractivity contribution is -0.111. The number of nitrogens with zero attached hydrogens (tertiary/aromatic N) is 2. The van der Waals surface area contributed by atoms with Gasteiger partial charge in [-0.25, -0.2) is 4.98 Å². The van der Waals surface area contributed by atoms with Crippen LogP contribution in [0, 0.1) is 6.92 Å². The summed E-state index contributed by atoms with van der Waals surface area (Å²) in [6.07, 6.45) is 2.68. The maximum absolute atomic E-state index is 10.9. The number of aromatic nitrogens is 2. The zero-order chi connectivity index (χ0) is 26.0. The lowest BCUT2D eigenvalue weighted by Gasteiger charge is -2.24. The van der Waals surface area contributed by atoms with Crippen LogP contribution in [0.2, 0.25) is 5.02 Å². The Hall–Kier alpha value is -3.98. The van der Waals surface area contributed by atoms with Crippen molar-refractivity contribution in [1.82, 2.24) is 15.3 Å². The number of nitrogens with one attached hydrogen (secondary N) is 4. The van der Waals surface area contributed by atoms with Crippen molar-refractivity contribution in [1.29, 1.82) is 0 Å². The second-order valence-electron chi connectivity index (χ2n) is 8.35. The highest BCUT2D eigenvalue weighted by Gasteiger charge is 2.15. The third-order valence-electron chi connectivity index (χ3n) is 5.45. The summed E-state index contributed by atoms with van der Waals surface area (Å²) < 4.78 is 5.61. The third-order valence-corrected chi connectivity index (χ3v) is 5.72. The average Bonchev–Trinajstić information content (AvgIpc) is 2.91. The predicted molar refractivity (Wildman–Crippen MR) is 151 cm³/mol. The van der Waals surface area contributed by atoms with E-state index in [9.17, 15) is 4.79 Å². The van der Waals surface area contributed by atoms with Crippen molar-refractivity contribution in [3.8, 4) is 0 Å². The zero-order valence-electron chi connectivity index (χ0n) is 20.5. The lowest BCUT2D eigenvalue weighted by Crippen LogP contribution is -2.43. The molecule has 0 spiro atoms. The van der Waals surface area contributed by atoms with E-state index in [1.807, 2.05) is 49.4 Å². The van der Waals surface area contributed by atoms with E-state index < -0.39 is 0 Å². The molecule has 1 amide bonds. The molecular weight excluding hydrogens is 488 g/mol. The SMILES string of the molecule is C=CC(=O)Nc1cccc(C)c1.Clc1cnc(NC2CNCCO2)nc1Nc1ccc2ccccc2c1. The Morgan fingerprint density at radius 1 is 1.11 bits per heavy atom. The number of carbonyl (C=O) groups excluding carboxylic acids is 1. The molecule has 1 aliphatic rings. The van der Waals surface area contributed by atoms with Gasteiger partial charge in [0.25, 0.3) is 0 Å². The van der Waals surface area contributed by atoms with Gasteiger partial charge in [0.05, 0.1) is 12.8 Å². The van der Waals surface area contributed by atoms with E-state index in [0.717, 1.165) is 28.9 Å². The van der Waals surface area contributed by atoms with Crippen molar-refractivity contribution in [2.24, 2.45) is 0 Å². The molecule has 0 bridgehead atoms. The molecule has 0 radical (unpaired) electrons. The minimum absolute atomic E-state index is 0.150. The Bertz CT molecular complexity index is 1370. The zero-order valence-corrected chi connectivity index (χ0v) is 21.3. The Labute approximate surface area is 221 Å². The minimum atomic E-state index is -0.180. The van der Waals surface area contributed by atoms with Gasteiger partial charge in [0.2, 0.25) is 11.9 Å². The second-order valence-corrected chi connectivity index (χ2v) is 8.76. The summed E-state index contributed by atoms with van der Waals surface area (Å²) in [5.41, 5.74) is 2.84. The summed E-state index contributed by atoms with van der Waals surface area (Å²) in [4.78, 5) is 19.6. The van der Waals surface area contributed by atoms with Crippen molar-refractivity contribution in [2.45, 2.75) is 13.2 Å². The van der Waals surface area contributed by atoms with E-state index in [0.29, 0.717) is 29.9 Å². The van der Waals surface area contributed by atoms with Crippen molar-refractivity contribution in [2.75, 3.05) is 35.6 Å². The first-order valence-electron chi connectivity index (χ1n) is 11.9. The number of rotatable bonds is 6. The first kappa shape index (κ1) is 26.1. The topological polar surface area (TPSA) is 100 Å². The molecule has 1 atom stereocenters. The Morgan fingerprint density at radius 3 is 2.70 bits per heavy atom. The number of hydrogen-bond donors (Lipinski definition) is 4. The highest BCUT2D eigenvalue weighted by atomic mass is 35.5. The predicted octanol–water partition coefficient (Wildman–Crippen LogP) is 5.50. The fourth-order valence-electron chi connectivity index (χ4n) is 3.65. The molecule has 5 rings (SSSR count). The van der Waals surface area contributed by atoms with Crippen LogP contribution in [0.3, 0.4) is 0 Å². The molecule has 0 aliphatic carbocycles. The summed E-state index contributed by atoms with van der Waals surface area (Å²) >= 11 is 6.25. The van der Waals surface area contributed by atoms with Crippen LogP contribution in [0.1, 0.15) is 5.56 Å². The molecular formula is C28H29ClN6O2. The molecule has 4 aromatic rings. The van der Waals surface area contributed by atoms with Crippen molar-refractivity contribution >= 4 is 51.4 Å². The highest BCUT2D eigenvalue weighted by molar-refractivity contribution is 6.32. The van der Waals surface area contributed by atoms with Crippen LogP contribution >= 0.6 is 11.6 Å². The first-order valence-corrected chi connectivity index (χ1v) is 12.3. The van der Waals surface area contributed by atoms with Gasteiger partial charge in [-0.2, -0.15) is 4.98 Å². The number of fused-ring (bicyclic) bond motifs is 1. The van der Waals surface area contributed by atoms with Gasteiger partial charge in [-0.05, 0) is 53.6 Å². The summed E-state index contributed by atoms with van der Waals surface area (Å²) in [5.74, 6) is 0.847. The molecule has 9 heteroatoms. The Kier molecular flexibility index (Phi) is 9.04. The maximum atomic E-state index is 10.9. The minimum Gasteiger partial charge on any atom is -0.356 e. The van der Waals surface area contributed by atoms with Gasteiger partial charge < -0.3 is 26.0 Å². The number of hydrogen-bond acceptors (Lipinski definition) is 7. The number of morpholine rings is 1. The van der Waals surface area contributed by atoms with Gasteiger partial charge in [-0.15, -0.1) is 0 Å². The number of amides is 1. The number of aryl methyl sites for hydroxylation is 1. The molecule has 0 saturated carbocycles. The van der Waals surface area contributed by atoms with Gasteiger partial charge in [-0.1, -0.05) is 60.6 Å². The average molecular weight is 517 g/mol. The summed E-state index contributed by atoms with van der Waals surface area (Å²) in [5, 5.41) is 15.1. The van der Waals surface area contributed by atoms with Crippen LogP contribution < -0.4 is 21.3 Å². The fourth-order valence-corrected chi connectivity index (χ4v) is 3.78. The maximum Gasteiger partial charge on any atom is 0.247 e. The van der Waals surface area contributed by atoms with Crippen LogP contribution in [0.4, 0.5) is 23.1 Å². The number of halogens is 1. The van der Waals surface area contributed by atoms with Crippen LogP contribution in [0.25, 0.3) is 10.8 Å². The standard InChI is InChI=1S/C18H18ClN5O.C10H11NO/c19-15-10-21-18(23-16-11-20-7-8-25-16)24-17(15)22-14-6-5-12-3-1-2-4-13(12)9-14;1-3-10(12)11-9-6-4-5-8(2)7-9/h1-6,9-10,16,20H,7-8,11H2,(H2,21,22,23,24);3-7H,1H2,2H3,(H,11,12). The summed E-state index contributed by atoms with van der Waals surface area (Å²) in [7, 11) is 0. The van der Waals surface area contributed by atoms with E-state index in [1.165, 1.54) is 11.5 Å². The monoisotopic (exact) mass is 516 g/mol. The van der Waals surface area contributed by atoms with E-state index in [4.69, 9.17) is 16.3 Å².